The molecule has 0 bridgehead atoms. The molecule has 2 heterocycles. The van der Waals surface area contributed by atoms with Crippen LogP contribution in [0.1, 0.15) is 18.5 Å². The molecule has 7 heteroatoms. The summed E-state index contributed by atoms with van der Waals surface area (Å²) in [6.45, 7) is 3.25. The molecule has 1 unspecified atom stereocenters. The van der Waals surface area contributed by atoms with Crippen molar-refractivity contribution in [2.75, 3.05) is 23.3 Å². The summed E-state index contributed by atoms with van der Waals surface area (Å²) in [6, 6.07) is 8.01. The second-order valence-electron chi connectivity index (χ2n) is 5.93. The first-order chi connectivity index (χ1) is 11.5. The monoisotopic (exact) mass is 348 g/mol. The molecule has 24 heavy (non-hydrogen) atoms. The molecule has 1 aliphatic heterocycles. The molecule has 1 aromatic heterocycles. The summed E-state index contributed by atoms with van der Waals surface area (Å²) in [6.07, 6.45) is 1.63. The van der Waals surface area contributed by atoms with E-state index >= 15 is 0 Å². The van der Waals surface area contributed by atoms with E-state index in [1.807, 2.05) is 24.0 Å². The molecular weight excluding hydrogens is 331 g/mol. The largest absolute Gasteiger partial charge is 0.354 e. The average Bonchev–Trinajstić information content (AvgIpc) is 2.58. The summed E-state index contributed by atoms with van der Waals surface area (Å²) in [7, 11) is 0. The summed E-state index contributed by atoms with van der Waals surface area (Å²) in [5.74, 6) is -0.193. The van der Waals surface area contributed by atoms with Crippen LogP contribution in [0.3, 0.4) is 0 Å². The predicted octanol–water partition coefficient (Wildman–Crippen LogP) is 3.43. The number of aryl methyl sites for hydroxylation is 1. The number of carbonyl (C=O) groups excluding carboxylic acids is 1. The standard InChI is InChI=1S/C17H18ClFN4O/c1-11-4-7-16(22-21-11)23-8-2-3-12(10-23)17(24)20-15-6-5-13(18)9-14(15)19/h4-7,9,12H,2-3,8,10H2,1H3,(H,20,24). The van der Waals surface area contributed by atoms with Gasteiger partial charge < -0.3 is 10.2 Å². The minimum atomic E-state index is -0.534. The van der Waals surface area contributed by atoms with E-state index in [1.165, 1.54) is 12.1 Å². The zero-order chi connectivity index (χ0) is 17.1. The number of carbonyl (C=O) groups is 1. The third-order valence-corrected chi connectivity index (χ3v) is 4.32. The smallest absolute Gasteiger partial charge is 0.229 e. The van der Waals surface area contributed by atoms with Crippen molar-refractivity contribution in [2.45, 2.75) is 19.8 Å². The van der Waals surface area contributed by atoms with Crippen molar-refractivity contribution in [3.8, 4) is 0 Å². The Morgan fingerprint density at radius 3 is 2.88 bits per heavy atom. The Hall–Kier alpha value is -2.21. The van der Waals surface area contributed by atoms with E-state index in [4.69, 9.17) is 11.6 Å². The highest BCUT2D eigenvalue weighted by Crippen LogP contribution is 2.24. The highest BCUT2D eigenvalue weighted by atomic mass is 35.5. The fourth-order valence-corrected chi connectivity index (χ4v) is 2.94. The number of benzene rings is 1. The van der Waals surface area contributed by atoms with Gasteiger partial charge in [0.15, 0.2) is 5.82 Å². The topological polar surface area (TPSA) is 58.1 Å². The Morgan fingerprint density at radius 2 is 2.17 bits per heavy atom. The van der Waals surface area contributed by atoms with Gasteiger partial charge in [0.25, 0.3) is 0 Å². The molecule has 0 saturated carbocycles. The Kier molecular flexibility index (Phi) is 4.94. The Morgan fingerprint density at radius 1 is 1.33 bits per heavy atom. The molecule has 0 radical (unpaired) electrons. The van der Waals surface area contributed by atoms with Crippen LogP contribution >= 0.6 is 11.6 Å². The zero-order valence-corrected chi connectivity index (χ0v) is 14.1. The van der Waals surface area contributed by atoms with Gasteiger partial charge in [0, 0.05) is 18.1 Å². The fraction of sp³-hybridized carbons (Fsp3) is 0.353. The molecular formula is C17H18ClFN4O. The molecule has 1 N–H and O–H groups in total. The van der Waals surface area contributed by atoms with Crippen molar-refractivity contribution in [3.05, 3.63) is 46.9 Å². The van der Waals surface area contributed by atoms with Gasteiger partial charge in [-0.15, -0.1) is 5.10 Å². The van der Waals surface area contributed by atoms with Gasteiger partial charge in [0.05, 0.1) is 17.3 Å². The highest BCUT2D eigenvalue weighted by molar-refractivity contribution is 6.30. The molecule has 1 saturated heterocycles. The summed E-state index contributed by atoms with van der Waals surface area (Å²) < 4.78 is 13.8. The number of nitrogens with one attached hydrogen (secondary N) is 1. The van der Waals surface area contributed by atoms with Crippen LogP contribution in [0.15, 0.2) is 30.3 Å². The van der Waals surface area contributed by atoms with Crippen LogP contribution in [0.4, 0.5) is 15.9 Å². The van der Waals surface area contributed by atoms with E-state index in [9.17, 15) is 9.18 Å². The second kappa shape index (κ2) is 7.13. The van der Waals surface area contributed by atoms with Gasteiger partial charge in [-0.25, -0.2) is 4.39 Å². The van der Waals surface area contributed by atoms with Crippen molar-refractivity contribution in [1.29, 1.82) is 0 Å². The van der Waals surface area contributed by atoms with Gasteiger partial charge in [-0.3, -0.25) is 4.79 Å². The van der Waals surface area contributed by atoms with Crippen LogP contribution < -0.4 is 10.2 Å². The first kappa shape index (κ1) is 16.6. The molecule has 1 fully saturated rings. The molecule has 0 spiro atoms. The van der Waals surface area contributed by atoms with Crippen LogP contribution in [0.2, 0.25) is 5.02 Å². The molecule has 2 aromatic rings. The molecule has 5 nitrogen and oxygen atoms in total. The predicted molar refractivity (Wildman–Crippen MR) is 91.7 cm³/mol. The molecule has 126 valence electrons. The summed E-state index contributed by atoms with van der Waals surface area (Å²) in [5, 5.41) is 11.2. The number of amides is 1. The third kappa shape index (κ3) is 3.82. The maximum Gasteiger partial charge on any atom is 0.229 e. The van der Waals surface area contributed by atoms with Crippen LogP contribution in [0.5, 0.6) is 0 Å². The van der Waals surface area contributed by atoms with Crippen molar-refractivity contribution in [3.63, 3.8) is 0 Å². The minimum absolute atomic E-state index is 0.150. The highest BCUT2D eigenvalue weighted by Gasteiger charge is 2.27. The lowest BCUT2D eigenvalue weighted by Crippen LogP contribution is -2.41. The maximum atomic E-state index is 13.8. The van der Waals surface area contributed by atoms with Crippen molar-refractivity contribution < 1.29 is 9.18 Å². The number of hydrogen-bond acceptors (Lipinski definition) is 4. The molecule has 1 aromatic carbocycles. The van der Waals surface area contributed by atoms with Gasteiger partial charge in [-0.2, -0.15) is 5.10 Å². The fourth-order valence-electron chi connectivity index (χ4n) is 2.79. The number of rotatable bonds is 3. The van der Waals surface area contributed by atoms with Crippen LogP contribution in [-0.2, 0) is 4.79 Å². The van der Waals surface area contributed by atoms with E-state index in [0.29, 0.717) is 11.6 Å². The lowest BCUT2D eigenvalue weighted by molar-refractivity contribution is -0.120. The number of halogens is 2. The summed E-state index contributed by atoms with van der Waals surface area (Å²) in [4.78, 5) is 14.5. The summed E-state index contributed by atoms with van der Waals surface area (Å²) >= 11 is 5.73. The zero-order valence-electron chi connectivity index (χ0n) is 13.3. The second-order valence-corrected chi connectivity index (χ2v) is 6.37. The quantitative estimate of drug-likeness (QED) is 0.923. The van der Waals surface area contributed by atoms with Gasteiger partial charge in [0.2, 0.25) is 5.91 Å². The lowest BCUT2D eigenvalue weighted by atomic mass is 9.97. The number of nitrogens with zero attached hydrogens (tertiary/aromatic N) is 3. The molecule has 0 aliphatic carbocycles. The maximum absolute atomic E-state index is 13.8. The lowest BCUT2D eigenvalue weighted by Gasteiger charge is -2.32. The van der Waals surface area contributed by atoms with Crippen molar-refractivity contribution >= 4 is 29.0 Å². The van der Waals surface area contributed by atoms with E-state index < -0.39 is 5.82 Å². The first-order valence-electron chi connectivity index (χ1n) is 7.84. The van der Waals surface area contributed by atoms with E-state index in [-0.39, 0.29) is 17.5 Å². The summed E-state index contributed by atoms with van der Waals surface area (Å²) in [5.41, 5.74) is 1.000. The van der Waals surface area contributed by atoms with Crippen LogP contribution in [0.25, 0.3) is 0 Å². The molecule has 1 atom stereocenters. The number of anilines is 2. The van der Waals surface area contributed by atoms with E-state index in [1.54, 1.807) is 6.07 Å². The number of aromatic nitrogens is 2. The Bertz CT molecular complexity index is 738. The van der Waals surface area contributed by atoms with Gasteiger partial charge >= 0.3 is 0 Å². The van der Waals surface area contributed by atoms with Crippen molar-refractivity contribution in [2.24, 2.45) is 5.92 Å². The number of piperidine rings is 1. The Labute approximate surface area is 144 Å². The minimum Gasteiger partial charge on any atom is -0.354 e. The first-order valence-corrected chi connectivity index (χ1v) is 8.22. The van der Waals surface area contributed by atoms with E-state index in [0.717, 1.165) is 30.9 Å². The van der Waals surface area contributed by atoms with Gasteiger partial charge in [-0.1, -0.05) is 11.6 Å². The van der Waals surface area contributed by atoms with Crippen LogP contribution in [0, 0.1) is 18.7 Å². The molecule has 3 rings (SSSR count). The Balaban J connectivity index is 1.67. The third-order valence-electron chi connectivity index (χ3n) is 4.09. The van der Waals surface area contributed by atoms with Crippen LogP contribution in [-0.4, -0.2) is 29.2 Å². The van der Waals surface area contributed by atoms with Gasteiger partial charge in [0.1, 0.15) is 5.82 Å². The SMILES string of the molecule is Cc1ccc(N2CCCC(C(=O)Nc3ccc(Cl)cc3F)C2)nn1. The number of hydrogen-bond donors (Lipinski definition) is 1. The average molecular weight is 349 g/mol. The van der Waals surface area contributed by atoms with Crippen molar-refractivity contribution in [1.82, 2.24) is 10.2 Å². The normalized spacial score (nSPS) is 17.6. The molecule has 1 amide bonds. The molecule has 1 aliphatic rings. The van der Waals surface area contributed by atoms with E-state index in [2.05, 4.69) is 15.5 Å². The van der Waals surface area contributed by atoms with Gasteiger partial charge in [-0.05, 0) is 50.1 Å².